The van der Waals surface area contributed by atoms with Gasteiger partial charge >= 0.3 is 0 Å². The highest BCUT2D eigenvalue weighted by atomic mass is 32.2. The van der Waals surface area contributed by atoms with Crippen LogP contribution in [0.25, 0.3) is 5.70 Å². The maximum absolute atomic E-state index is 12.7. The summed E-state index contributed by atoms with van der Waals surface area (Å²) in [5.41, 5.74) is 3.60. The summed E-state index contributed by atoms with van der Waals surface area (Å²) in [6, 6.07) is 15.6. The minimum Gasteiger partial charge on any atom is -0.354 e. The van der Waals surface area contributed by atoms with Crippen molar-refractivity contribution in [3.63, 3.8) is 0 Å². The number of hydrogen-bond acceptors (Lipinski definition) is 4. The lowest BCUT2D eigenvalue weighted by atomic mass is 10.1. The van der Waals surface area contributed by atoms with Gasteiger partial charge in [0.15, 0.2) is 0 Å². The predicted molar refractivity (Wildman–Crippen MR) is 112 cm³/mol. The Kier molecular flexibility index (Phi) is 5.55. The standard InChI is InChI=1S/C20H25N3O2S2/c1-5-23-18(14-26(21)20(23)16-9-7-6-8-10-16)17-12-11-15(2)19(13-17)27(24,25)22(3)4/h6-14,20-21H,5H2,1-4H3. The number of hydrogen-bond donors (Lipinski definition) is 1. The topological polar surface area (TPSA) is 64.5 Å². The molecule has 0 aromatic heterocycles. The van der Waals surface area contributed by atoms with Crippen LogP contribution in [0.2, 0.25) is 0 Å². The molecule has 0 saturated carbocycles. The van der Waals surface area contributed by atoms with E-state index in [-0.39, 0.29) is 5.37 Å². The summed E-state index contributed by atoms with van der Waals surface area (Å²) in [6.45, 7) is 4.62. The highest BCUT2D eigenvalue weighted by Gasteiger charge is 2.31. The Morgan fingerprint density at radius 2 is 1.81 bits per heavy atom. The Morgan fingerprint density at radius 1 is 1.15 bits per heavy atom. The van der Waals surface area contributed by atoms with Crippen molar-refractivity contribution in [1.82, 2.24) is 9.21 Å². The molecule has 0 aliphatic carbocycles. The second-order valence-electron chi connectivity index (χ2n) is 6.69. The minimum atomic E-state index is -3.52. The van der Waals surface area contributed by atoms with E-state index in [9.17, 15) is 8.42 Å². The van der Waals surface area contributed by atoms with E-state index in [2.05, 4.69) is 24.0 Å². The molecule has 0 bridgehead atoms. The Labute approximate surface area is 164 Å². The summed E-state index contributed by atoms with van der Waals surface area (Å²) in [5, 5.41) is 1.92. The van der Waals surface area contributed by atoms with Gasteiger partial charge in [-0.15, -0.1) is 0 Å². The molecule has 1 aliphatic heterocycles. The van der Waals surface area contributed by atoms with Gasteiger partial charge in [-0.25, -0.2) is 12.7 Å². The fourth-order valence-electron chi connectivity index (χ4n) is 3.26. The van der Waals surface area contributed by atoms with Crippen LogP contribution in [0.3, 0.4) is 0 Å². The summed E-state index contributed by atoms with van der Waals surface area (Å²) in [5.74, 6) is 0. The van der Waals surface area contributed by atoms with E-state index < -0.39 is 20.7 Å². The second kappa shape index (κ2) is 7.58. The van der Waals surface area contributed by atoms with Gasteiger partial charge in [-0.3, -0.25) is 4.78 Å². The molecule has 5 nitrogen and oxygen atoms in total. The third-order valence-electron chi connectivity index (χ3n) is 4.74. The third-order valence-corrected chi connectivity index (χ3v) is 8.18. The van der Waals surface area contributed by atoms with Crippen molar-refractivity contribution in [3.8, 4) is 0 Å². The maximum atomic E-state index is 12.7. The molecule has 27 heavy (non-hydrogen) atoms. The molecule has 0 radical (unpaired) electrons. The van der Waals surface area contributed by atoms with Gasteiger partial charge in [0.05, 0.1) is 10.6 Å². The van der Waals surface area contributed by atoms with Gasteiger partial charge < -0.3 is 4.90 Å². The summed E-state index contributed by atoms with van der Waals surface area (Å²) >= 11 is 0. The highest BCUT2D eigenvalue weighted by molar-refractivity contribution is 7.89. The maximum Gasteiger partial charge on any atom is 0.242 e. The van der Waals surface area contributed by atoms with Crippen LogP contribution in [-0.2, 0) is 20.7 Å². The first-order valence-corrected chi connectivity index (χ1v) is 11.6. The summed E-state index contributed by atoms with van der Waals surface area (Å²) in [6.07, 6.45) is 0. The summed E-state index contributed by atoms with van der Waals surface area (Å²) in [4.78, 5) is 2.51. The largest absolute Gasteiger partial charge is 0.354 e. The van der Waals surface area contributed by atoms with Crippen molar-refractivity contribution in [2.75, 3.05) is 20.6 Å². The van der Waals surface area contributed by atoms with Crippen LogP contribution < -0.4 is 0 Å². The molecule has 1 heterocycles. The zero-order valence-corrected chi connectivity index (χ0v) is 17.6. The van der Waals surface area contributed by atoms with E-state index in [1.54, 1.807) is 20.2 Å². The number of nitrogens with zero attached hydrogens (tertiary/aromatic N) is 2. The lowest BCUT2D eigenvalue weighted by Gasteiger charge is -2.29. The molecule has 0 fully saturated rings. The van der Waals surface area contributed by atoms with Crippen molar-refractivity contribution >= 4 is 26.4 Å². The molecule has 1 aliphatic rings. The van der Waals surface area contributed by atoms with Crippen molar-refractivity contribution in [1.29, 1.82) is 4.78 Å². The molecule has 1 N–H and O–H groups in total. The molecule has 2 unspecified atom stereocenters. The molecular formula is C20H25N3O2S2. The van der Waals surface area contributed by atoms with Gasteiger partial charge in [0.25, 0.3) is 0 Å². The molecule has 3 rings (SSSR count). The van der Waals surface area contributed by atoms with Gasteiger partial charge in [-0.1, -0.05) is 53.2 Å². The van der Waals surface area contributed by atoms with Crippen molar-refractivity contribution in [2.24, 2.45) is 0 Å². The lowest BCUT2D eigenvalue weighted by Crippen LogP contribution is -2.25. The Morgan fingerprint density at radius 3 is 2.41 bits per heavy atom. The van der Waals surface area contributed by atoms with E-state index in [0.29, 0.717) is 4.90 Å². The van der Waals surface area contributed by atoms with Gasteiger partial charge in [0, 0.05) is 26.0 Å². The monoisotopic (exact) mass is 403 g/mol. The van der Waals surface area contributed by atoms with E-state index in [1.807, 2.05) is 42.7 Å². The Balaban J connectivity index is 2.07. The van der Waals surface area contributed by atoms with Gasteiger partial charge in [-0.05, 0) is 36.6 Å². The van der Waals surface area contributed by atoms with Crippen LogP contribution in [-0.4, -0.2) is 38.3 Å². The summed E-state index contributed by atoms with van der Waals surface area (Å²) < 4.78 is 35.2. The molecule has 0 spiro atoms. The first-order valence-electron chi connectivity index (χ1n) is 8.77. The molecule has 0 amide bonds. The van der Waals surface area contributed by atoms with E-state index in [1.165, 1.54) is 4.31 Å². The minimum absolute atomic E-state index is 0.0404. The fraction of sp³-hybridized carbons (Fsp3) is 0.300. The molecule has 7 heteroatoms. The molecule has 2 aromatic rings. The van der Waals surface area contributed by atoms with E-state index in [4.69, 9.17) is 4.78 Å². The average Bonchev–Trinajstić information content (AvgIpc) is 2.98. The Bertz CT molecular complexity index is 999. The predicted octanol–water partition coefficient (Wildman–Crippen LogP) is 3.96. The third kappa shape index (κ3) is 3.59. The average molecular weight is 404 g/mol. The van der Waals surface area contributed by atoms with Crippen LogP contribution in [0.4, 0.5) is 0 Å². The van der Waals surface area contributed by atoms with E-state index in [0.717, 1.165) is 28.9 Å². The number of rotatable bonds is 5. The van der Waals surface area contributed by atoms with Gasteiger partial charge in [0.1, 0.15) is 5.37 Å². The number of nitrogens with one attached hydrogen (secondary N) is 1. The van der Waals surface area contributed by atoms with Gasteiger partial charge in [-0.2, -0.15) is 0 Å². The Hall–Kier alpha value is -1.96. The van der Waals surface area contributed by atoms with Crippen LogP contribution in [0, 0.1) is 11.7 Å². The first kappa shape index (κ1) is 19.8. The van der Waals surface area contributed by atoms with Crippen LogP contribution in [0.5, 0.6) is 0 Å². The smallest absolute Gasteiger partial charge is 0.242 e. The van der Waals surface area contributed by atoms with Crippen molar-refractivity contribution < 1.29 is 8.42 Å². The fourth-order valence-corrected chi connectivity index (χ4v) is 6.04. The number of sulfonamides is 1. The lowest BCUT2D eigenvalue weighted by molar-refractivity contribution is 0.407. The second-order valence-corrected chi connectivity index (χ2v) is 10.2. The molecule has 144 valence electrons. The number of benzene rings is 2. The highest BCUT2D eigenvalue weighted by Crippen LogP contribution is 2.40. The molecule has 2 atom stereocenters. The van der Waals surface area contributed by atoms with Crippen LogP contribution in [0.1, 0.15) is 29.0 Å². The molecule has 2 aromatic carbocycles. The quantitative estimate of drug-likeness (QED) is 0.822. The SMILES string of the molecule is CCN1C(c2ccc(C)c(S(=O)(=O)N(C)C)c2)=CS(=N)C1c1ccccc1. The van der Waals surface area contributed by atoms with Crippen LogP contribution >= 0.6 is 0 Å². The first-order chi connectivity index (χ1) is 12.8. The zero-order valence-electron chi connectivity index (χ0n) is 16.0. The van der Waals surface area contributed by atoms with Crippen molar-refractivity contribution in [2.45, 2.75) is 24.1 Å². The summed E-state index contributed by atoms with van der Waals surface area (Å²) in [7, 11) is -1.14. The molecule has 0 saturated heterocycles. The number of aryl methyl sites for hydroxylation is 1. The van der Waals surface area contributed by atoms with Crippen molar-refractivity contribution in [3.05, 3.63) is 70.6 Å². The molecular weight excluding hydrogens is 378 g/mol. The van der Waals surface area contributed by atoms with E-state index >= 15 is 0 Å². The normalized spacial score (nSPS) is 20.2. The zero-order chi connectivity index (χ0) is 19.8. The van der Waals surface area contributed by atoms with Crippen LogP contribution in [0.15, 0.2) is 58.8 Å². The van der Waals surface area contributed by atoms with Gasteiger partial charge in [0.2, 0.25) is 10.0 Å².